The van der Waals surface area contributed by atoms with Gasteiger partial charge >= 0.3 is 0 Å². The minimum Gasteiger partial charge on any atom is -0.503 e. The summed E-state index contributed by atoms with van der Waals surface area (Å²) in [6.45, 7) is 4.29. The number of hydrogen-bond acceptors (Lipinski definition) is 4. The quantitative estimate of drug-likeness (QED) is 0.441. The van der Waals surface area contributed by atoms with Gasteiger partial charge in [0, 0.05) is 29.0 Å². The summed E-state index contributed by atoms with van der Waals surface area (Å²) in [5, 5.41) is 16.3. The highest BCUT2D eigenvalue weighted by atomic mass is 79.9. The Morgan fingerprint density at radius 1 is 1.13 bits per heavy atom. The number of hydrogen-bond donors (Lipinski definition) is 2. The van der Waals surface area contributed by atoms with Gasteiger partial charge in [0.1, 0.15) is 0 Å². The molecule has 0 fully saturated rings. The van der Waals surface area contributed by atoms with Crippen molar-refractivity contribution in [3.8, 4) is 11.5 Å². The molecule has 1 unspecified atom stereocenters. The molecular weight excluding hydrogens is 454 g/mol. The minimum absolute atomic E-state index is 0.0595. The summed E-state index contributed by atoms with van der Waals surface area (Å²) in [6.07, 6.45) is 1.33. The maximum Gasteiger partial charge on any atom is 0.172 e. The average molecular weight is 478 g/mol. The van der Waals surface area contributed by atoms with Gasteiger partial charge in [-0.05, 0) is 56.4 Å². The van der Waals surface area contributed by atoms with E-state index >= 15 is 0 Å². The second-order valence-electron chi connectivity index (χ2n) is 9.20. The first-order valence-electron chi connectivity index (χ1n) is 10.4. The Hall–Kier alpha value is -2.79. The Morgan fingerprint density at radius 3 is 2.68 bits per heavy atom. The maximum absolute atomic E-state index is 13.4. The van der Waals surface area contributed by atoms with Crippen LogP contribution in [0.25, 0.3) is 10.8 Å². The smallest absolute Gasteiger partial charge is 0.172 e. The Morgan fingerprint density at radius 2 is 1.90 bits per heavy atom. The van der Waals surface area contributed by atoms with Crippen LogP contribution in [0.4, 0.5) is 5.69 Å². The summed E-state index contributed by atoms with van der Waals surface area (Å²) in [5.74, 6) is 0.385. The largest absolute Gasteiger partial charge is 0.503 e. The molecule has 1 atom stereocenters. The topological polar surface area (TPSA) is 58.6 Å². The van der Waals surface area contributed by atoms with Crippen molar-refractivity contribution in [3.05, 3.63) is 75.4 Å². The fraction of sp³-hybridized carbons (Fsp3) is 0.269. The summed E-state index contributed by atoms with van der Waals surface area (Å²) >= 11 is 3.46. The van der Waals surface area contributed by atoms with Gasteiger partial charge < -0.3 is 15.2 Å². The Balaban J connectivity index is 1.81. The van der Waals surface area contributed by atoms with E-state index in [-0.39, 0.29) is 22.9 Å². The van der Waals surface area contributed by atoms with E-state index in [1.54, 1.807) is 0 Å². The molecule has 2 aliphatic rings. The van der Waals surface area contributed by atoms with Gasteiger partial charge in [-0.1, -0.05) is 50.2 Å². The molecular formula is C26H24BrNO3. The van der Waals surface area contributed by atoms with Crippen molar-refractivity contribution in [2.45, 2.75) is 32.6 Å². The van der Waals surface area contributed by atoms with E-state index in [2.05, 4.69) is 59.4 Å². The lowest BCUT2D eigenvalue weighted by Gasteiger charge is -2.40. The van der Waals surface area contributed by atoms with Crippen molar-refractivity contribution < 1.29 is 14.6 Å². The highest BCUT2D eigenvalue weighted by Crippen LogP contribution is 2.52. The lowest BCUT2D eigenvalue weighted by Crippen LogP contribution is -2.33. The third-order valence-corrected chi connectivity index (χ3v) is 6.97. The van der Waals surface area contributed by atoms with Gasteiger partial charge in [0.25, 0.3) is 0 Å². The van der Waals surface area contributed by atoms with Crippen LogP contribution in [0.5, 0.6) is 11.5 Å². The summed E-state index contributed by atoms with van der Waals surface area (Å²) in [6, 6.07) is 16.3. The second kappa shape index (κ2) is 7.13. The van der Waals surface area contributed by atoms with Crippen LogP contribution in [0.3, 0.4) is 0 Å². The van der Waals surface area contributed by atoms with Gasteiger partial charge in [0.05, 0.1) is 17.3 Å². The number of phenols is 1. The fourth-order valence-electron chi connectivity index (χ4n) is 5.02. The van der Waals surface area contributed by atoms with Gasteiger partial charge in [-0.15, -0.1) is 0 Å². The zero-order valence-electron chi connectivity index (χ0n) is 17.8. The lowest BCUT2D eigenvalue weighted by atomic mass is 9.68. The molecule has 0 radical (unpaired) electrons. The number of benzene rings is 3. The Kier molecular flexibility index (Phi) is 4.63. The predicted octanol–water partition coefficient (Wildman–Crippen LogP) is 6.52. The van der Waals surface area contributed by atoms with Gasteiger partial charge in [-0.2, -0.15) is 0 Å². The number of phenolic OH excluding ortho intramolecular Hbond substituents is 1. The number of carbonyl (C=O) groups is 1. The molecule has 4 nitrogen and oxygen atoms in total. The lowest BCUT2D eigenvalue weighted by molar-refractivity contribution is -0.118. The average Bonchev–Trinajstić information content (AvgIpc) is 2.73. The Bertz CT molecular complexity index is 1280. The van der Waals surface area contributed by atoms with Gasteiger partial charge in [0.2, 0.25) is 0 Å². The molecule has 3 aromatic carbocycles. The van der Waals surface area contributed by atoms with Crippen molar-refractivity contribution in [1.29, 1.82) is 0 Å². The van der Waals surface area contributed by atoms with E-state index in [0.29, 0.717) is 16.6 Å². The first-order valence-corrected chi connectivity index (χ1v) is 11.2. The normalized spacial score (nSPS) is 19.6. The van der Waals surface area contributed by atoms with Crippen LogP contribution in [0, 0.1) is 5.41 Å². The van der Waals surface area contributed by atoms with Gasteiger partial charge in [-0.3, -0.25) is 4.79 Å². The summed E-state index contributed by atoms with van der Waals surface area (Å²) in [4.78, 5) is 13.4. The number of nitrogens with one attached hydrogen (secondary N) is 1. The molecule has 158 valence electrons. The van der Waals surface area contributed by atoms with E-state index in [0.717, 1.165) is 45.3 Å². The molecule has 1 aliphatic heterocycles. The summed E-state index contributed by atoms with van der Waals surface area (Å²) in [7, 11) is 1.54. The first-order chi connectivity index (χ1) is 14.8. The van der Waals surface area contributed by atoms with Crippen LogP contribution in [-0.4, -0.2) is 18.0 Å². The van der Waals surface area contributed by atoms with E-state index in [9.17, 15) is 9.90 Å². The van der Waals surface area contributed by atoms with Crippen molar-refractivity contribution >= 4 is 38.2 Å². The molecule has 31 heavy (non-hydrogen) atoms. The van der Waals surface area contributed by atoms with E-state index in [1.165, 1.54) is 7.11 Å². The van der Waals surface area contributed by atoms with Crippen molar-refractivity contribution in [2.24, 2.45) is 5.41 Å². The van der Waals surface area contributed by atoms with Crippen LogP contribution in [0.15, 0.2) is 64.3 Å². The second-order valence-corrected chi connectivity index (χ2v) is 10.1. The summed E-state index contributed by atoms with van der Waals surface area (Å²) < 4.78 is 5.96. The zero-order chi connectivity index (χ0) is 21.9. The molecule has 5 rings (SSSR count). The highest BCUT2D eigenvalue weighted by Gasteiger charge is 2.41. The number of allylic oxidation sites excluding steroid dienone is 2. The van der Waals surface area contributed by atoms with Crippen LogP contribution < -0.4 is 10.1 Å². The van der Waals surface area contributed by atoms with E-state index in [1.807, 2.05) is 24.3 Å². The van der Waals surface area contributed by atoms with E-state index < -0.39 is 0 Å². The number of anilines is 1. The third kappa shape index (κ3) is 3.23. The SMILES string of the molecule is COc1cc(C2C3=C(CC(C)(C)CC3=O)Nc3c2ccc2ccccc32)cc(Br)c1O. The molecule has 1 heterocycles. The maximum atomic E-state index is 13.4. The van der Waals surface area contributed by atoms with Crippen LogP contribution in [0.2, 0.25) is 0 Å². The van der Waals surface area contributed by atoms with Crippen LogP contribution >= 0.6 is 15.9 Å². The molecule has 0 aromatic heterocycles. The number of aromatic hydroxyl groups is 1. The third-order valence-electron chi connectivity index (χ3n) is 6.36. The fourth-order valence-corrected chi connectivity index (χ4v) is 5.48. The van der Waals surface area contributed by atoms with Crippen LogP contribution in [-0.2, 0) is 4.79 Å². The molecule has 5 heteroatoms. The molecule has 2 N–H and O–H groups in total. The summed E-state index contributed by atoms with van der Waals surface area (Å²) in [5.41, 5.74) is 4.75. The number of carbonyl (C=O) groups excluding carboxylic acids is 1. The number of methoxy groups -OCH3 is 1. The van der Waals surface area contributed by atoms with Crippen molar-refractivity contribution in [2.75, 3.05) is 12.4 Å². The number of ether oxygens (including phenoxy) is 1. The number of rotatable bonds is 2. The number of fused-ring (bicyclic) bond motifs is 3. The molecule has 0 spiro atoms. The predicted molar refractivity (Wildman–Crippen MR) is 127 cm³/mol. The number of ketones is 1. The molecule has 0 amide bonds. The number of halogens is 1. The molecule has 0 bridgehead atoms. The Labute approximate surface area is 190 Å². The highest BCUT2D eigenvalue weighted by molar-refractivity contribution is 9.10. The van der Waals surface area contributed by atoms with Gasteiger partial charge in [0.15, 0.2) is 17.3 Å². The van der Waals surface area contributed by atoms with E-state index in [4.69, 9.17) is 4.74 Å². The first kappa shape index (κ1) is 20.1. The van der Waals surface area contributed by atoms with Crippen LogP contribution in [0.1, 0.15) is 43.7 Å². The van der Waals surface area contributed by atoms with Crippen molar-refractivity contribution in [3.63, 3.8) is 0 Å². The molecule has 0 saturated heterocycles. The molecule has 0 saturated carbocycles. The zero-order valence-corrected chi connectivity index (χ0v) is 19.3. The van der Waals surface area contributed by atoms with Crippen molar-refractivity contribution in [1.82, 2.24) is 0 Å². The molecule has 3 aromatic rings. The minimum atomic E-state index is -0.231. The molecule has 1 aliphatic carbocycles. The standard InChI is InChI=1S/C26H24BrNO3/c1-26(2)12-19-23(20(29)13-26)22(15-10-18(27)25(30)21(11-15)31-3)17-9-8-14-6-4-5-7-16(14)24(17)28-19/h4-11,22,28,30H,12-13H2,1-3H3. The van der Waals surface area contributed by atoms with Gasteiger partial charge in [-0.25, -0.2) is 0 Å². The number of Topliss-reactive ketones (excluding diaryl/α,β-unsaturated/α-hetero) is 1. The monoisotopic (exact) mass is 477 g/mol.